The Hall–Kier alpha value is -2.55. The van der Waals surface area contributed by atoms with Gasteiger partial charge in [-0.1, -0.05) is 61.7 Å². The van der Waals surface area contributed by atoms with Crippen molar-refractivity contribution in [2.75, 3.05) is 6.54 Å². The minimum atomic E-state index is -0.826. The normalized spacial score (nSPS) is 19.7. The van der Waals surface area contributed by atoms with Gasteiger partial charge < -0.3 is 10.1 Å². The van der Waals surface area contributed by atoms with Crippen LogP contribution >= 0.6 is 23.8 Å². The number of carbonyl (C=O) groups excluding carboxylic acids is 1. The van der Waals surface area contributed by atoms with Gasteiger partial charge in [-0.15, -0.1) is 0 Å². The molecule has 32 heavy (non-hydrogen) atoms. The van der Waals surface area contributed by atoms with Gasteiger partial charge in [0.15, 0.2) is 0 Å². The predicted molar refractivity (Wildman–Crippen MR) is 123 cm³/mol. The molecule has 1 aromatic heterocycles. The second-order valence-corrected chi connectivity index (χ2v) is 8.57. The maximum absolute atomic E-state index is 13.6. The molecule has 9 heteroatoms. The van der Waals surface area contributed by atoms with Crippen molar-refractivity contribution < 1.29 is 13.9 Å². The largest absolute Gasteiger partial charge is 0.354 e. The lowest BCUT2D eigenvalue weighted by Crippen LogP contribution is -2.29. The molecule has 2 atom stereocenters. The molecule has 0 spiro atoms. The number of amides is 1. The Morgan fingerprint density at radius 3 is 2.72 bits per heavy atom. The molecular weight excluding hydrogens is 451 g/mol. The van der Waals surface area contributed by atoms with Gasteiger partial charge in [0.1, 0.15) is 23.8 Å². The zero-order chi connectivity index (χ0) is 22.7. The van der Waals surface area contributed by atoms with Crippen molar-refractivity contribution in [3.05, 3.63) is 81.6 Å². The molecule has 6 nitrogen and oxygen atoms in total. The van der Waals surface area contributed by atoms with E-state index in [0.29, 0.717) is 11.6 Å². The number of ether oxygens (including phenoxy) is 1. The number of hydrogen-bond donors (Lipinski definition) is 1. The fourth-order valence-electron chi connectivity index (χ4n) is 3.80. The highest BCUT2D eigenvalue weighted by molar-refractivity contribution is 7.71. The number of nitrogens with zero attached hydrogens (tertiary/aromatic N) is 3. The number of aromatic nitrogens is 3. The van der Waals surface area contributed by atoms with Gasteiger partial charge in [-0.2, -0.15) is 5.10 Å². The van der Waals surface area contributed by atoms with Crippen LogP contribution in [0.25, 0.3) is 0 Å². The predicted octanol–water partition coefficient (Wildman–Crippen LogP) is 5.62. The quantitative estimate of drug-likeness (QED) is 0.261. The Labute approximate surface area is 196 Å². The first-order chi connectivity index (χ1) is 15.5. The number of carbonyl (C=O) groups is 1. The molecule has 1 saturated heterocycles. The van der Waals surface area contributed by atoms with Crippen molar-refractivity contribution in [2.24, 2.45) is 0 Å². The van der Waals surface area contributed by atoms with E-state index in [-0.39, 0.29) is 29.3 Å². The van der Waals surface area contributed by atoms with Crippen molar-refractivity contribution >= 4 is 29.8 Å². The van der Waals surface area contributed by atoms with Crippen molar-refractivity contribution in [1.29, 1.82) is 0 Å². The molecule has 2 heterocycles. The molecule has 2 unspecified atom stereocenters. The maximum atomic E-state index is 13.6. The first-order valence-electron chi connectivity index (χ1n) is 10.6. The molecular formula is C23H24ClFN4O2S. The molecule has 3 aromatic rings. The number of hydrogen-bond acceptors (Lipinski definition) is 4. The second-order valence-electron chi connectivity index (χ2n) is 7.80. The summed E-state index contributed by atoms with van der Waals surface area (Å²) in [5.41, 5.74) is 0.788. The highest BCUT2D eigenvalue weighted by atomic mass is 35.5. The summed E-state index contributed by atoms with van der Waals surface area (Å²) in [6, 6.07) is 13.3. The molecule has 1 aliphatic heterocycles. The molecule has 0 radical (unpaired) electrons. The average molecular weight is 475 g/mol. The number of halogens is 2. The molecule has 0 bridgehead atoms. The fraction of sp³-hybridized carbons (Fsp3) is 0.348. The number of benzene rings is 2. The van der Waals surface area contributed by atoms with E-state index in [2.05, 4.69) is 17.3 Å². The van der Waals surface area contributed by atoms with Gasteiger partial charge >= 0.3 is 6.03 Å². The molecule has 1 aliphatic rings. The van der Waals surface area contributed by atoms with Crippen LogP contribution in [-0.2, 0) is 16.9 Å². The number of nitrogens with one attached hydrogen (secondary N) is 1. The van der Waals surface area contributed by atoms with Crippen LogP contribution in [-0.4, -0.2) is 26.9 Å². The second kappa shape index (κ2) is 9.52. The van der Waals surface area contributed by atoms with Crippen LogP contribution in [0.1, 0.15) is 43.4 Å². The van der Waals surface area contributed by atoms with Crippen LogP contribution in [0.2, 0.25) is 5.02 Å². The fourth-order valence-corrected chi connectivity index (χ4v) is 4.28. The topological polar surface area (TPSA) is 64.4 Å². The summed E-state index contributed by atoms with van der Waals surface area (Å²) >= 11 is 11.9. The van der Waals surface area contributed by atoms with Crippen LogP contribution < -0.4 is 5.32 Å². The summed E-state index contributed by atoms with van der Waals surface area (Å²) in [5, 5.41) is 7.77. The van der Waals surface area contributed by atoms with Gasteiger partial charge in [-0.3, -0.25) is 0 Å². The Morgan fingerprint density at radius 2 is 2.00 bits per heavy atom. The highest BCUT2D eigenvalue weighted by Crippen LogP contribution is 2.59. The molecule has 1 fully saturated rings. The van der Waals surface area contributed by atoms with Crippen LogP contribution in [0.15, 0.2) is 54.9 Å². The third-order valence-electron chi connectivity index (χ3n) is 5.61. The Balaban J connectivity index is 1.60. The van der Waals surface area contributed by atoms with E-state index in [1.54, 1.807) is 22.9 Å². The standard InChI is InChI=1S/C23H24ClFN4O2S/c1-2-3-6-13-26-21(30)28-15-27-29(22(28)32)14-23(16-9-11-17(25)12-10-16)20(31-23)18-7-4-5-8-19(18)24/h4-5,7-12,15,20H,2-3,6,13-14H2,1H3,(H,26,30). The van der Waals surface area contributed by atoms with E-state index in [9.17, 15) is 9.18 Å². The Morgan fingerprint density at radius 1 is 1.25 bits per heavy atom. The van der Waals surface area contributed by atoms with E-state index in [0.717, 1.165) is 30.4 Å². The van der Waals surface area contributed by atoms with Crippen molar-refractivity contribution in [1.82, 2.24) is 19.7 Å². The van der Waals surface area contributed by atoms with Crippen molar-refractivity contribution in [3.8, 4) is 0 Å². The lowest BCUT2D eigenvalue weighted by molar-refractivity contribution is 0.240. The van der Waals surface area contributed by atoms with Crippen LogP contribution in [0.3, 0.4) is 0 Å². The van der Waals surface area contributed by atoms with Crippen LogP contribution in [0, 0.1) is 10.6 Å². The zero-order valence-electron chi connectivity index (χ0n) is 17.6. The van der Waals surface area contributed by atoms with Gasteiger partial charge in [0.2, 0.25) is 4.77 Å². The number of unbranched alkanes of at least 4 members (excludes halogenated alkanes) is 2. The Kier molecular flexibility index (Phi) is 6.74. The maximum Gasteiger partial charge on any atom is 0.329 e. The van der Waals surface area contributed by atoms with Gasteiger partial charge in [-0.05, 0) is 42.4 Å². The van der Waals surface area contributed by atoms with Gasteiger partial charge in [0.05, 0.1) is 6.54 Å². The van der Waals surface area contributed by atoms with Crippen molar-refractivity contribution in [2.45, 2.75) is 44.4 Å². The lowest BCUT2D eigenvalue weighted by Gasteiger charge is -2.14. The summed E-state index contributed by atoms with van der Waals surface area (Å²) < 4.78 is 22.9. The molecule has 0 saturated carbocycles. The van der Waals surface area contributed by atoms with Crippen molar-refractivity contribution in [3.63, 3.8) is 0 Å². The van der Waals surface area contributed by atoms with Crippen LogP contribution in [0.5, 0.6) is 0 Å². The number of epoxide rings is 1. The smallest absolute Gasteiger partial charge is 0.329 e. The number of rotatable bonds is 8. The van der Waals surface area contributed by atoms with Crippen LogP contribution in [0.4, 0.5) is 9.18 Å². The highest BCUT2D eigenvalue weighted by Gasteiger charge is 2.59. The first kappa shape index (κ1) is 22.6. The van der Waals surface area contributed by atoms with Gasteiger partial charge in [0.25, 0.3) is 0 Å². The summed E-state index contributed by atoms with van der Waals surface area (Å²) in [6.07, 6.45) is 4.08. The molecule has 1 amide bonds. The first-order valence-corrected chi connectivity index (χ1v) is 11.4. The van der Waals surface area contributed by atoms with E-state index in [1.807, 2.05) is 18.2 Å². The summed E-state index contributed by atoms with van der Waals surface area (Å²) in [4.78, 5) is 12.5. The van der Waals surface area contributed by atoms with E-state index in [1.165, 1.54) is 23.0 Å². The molecule has 168 valence electrons. The molecule has 2 aromatic carbocycles. The van der Waals surface area contributed by atoms with E-state index in [4.69, 9.17) is 28.6 Å². The lowest BCUT2D eigenvalue weighted by atomic mass is 9.91. The third-order valence-corrected chi connectivity index (χ3v) is 6.36. The summed E-state index contributed by atoms with van der Waals surface area (Å²) in [6.45, 7) is 2.94. The monoisotopic (exact) mass is 474 g/mol. The third kappa shape index (κ3) is 4.48. The average Bonchev–Trinajstić information content (AvgIpc) is 3.40. The molecule has 0 aliphatic carbocycles. The molecule has 4 rings (SSSR count). The summed E-state index contributed by atoms with van der Waals surface area (Å²) in [7, 11) is 0. The van der Waals surface area contributed by atoms with E-state index >= 15 is 0 Å². The minimum Gasteiger partial charge on any atom is -0.354 e. The Bertz CT molecular complexity index is 1160. The molecule has 1 N–H and O–H groups in total. The summed E-state index contributed by atoms with van der Waals surface area (Å²) in [5.74, 6) is -0.334. The zero-order valence-corrected chi connectivity index (χ0v) is 19.2. The van der Waals surface area contributed by atoms with Gasteiger partial charge in [-0.25, -0.2) is 18.4 Å². The van der Waals surface area contributed by atoms with Gasteiger partial charge in [0, 0.05) is 17.1 Å². The minimum absolute atomic E-state index is 0.253. The SMILES string of the molecule is CCCCCNC(=O)n1cnn(CC2(c3ccc(F)cc3)OC2c2ccccc2Cl)c1=S. The van der Waals surface area contributed by atoms with E-state index < -0.39 is 5.60 Å².